The minimum Gasteiger partial charge on any atom is -0.299 e. The summed E-state index contributed by atoms with van der Waals surface area (Å²) in [5, 5.41) is 9.23. The van der Waals surface area contributed by atoms with Crippen molar-refractivity contribution in [1.82, 2.24) is 0 Å². The monoisotopic (exact) mass is 173 g/mol. The smallest absolute Gasteiger partial charge is 0.138 e. The second kappa shape index (κ2) is 2.04. The van der Waals surface area contributed by atoms with Crippen molar-refractivity contribution in [2.45, 2.75) is 19.3 Å². The van der Waals surface area contributed by atoms with Crippen LogP contribution in [0.1, 0.15) is 19.3 Å². The van der Waals surface area contributed by atoms with Crippen molar-refractivity contribution in [3.63, 3.8) is 0 Å². The molecule has 0 aliphatic heterocycles. The van der Waals surface area contributed by atoms with Gasteiger partial charge in [-0.15, -0.1) is 0 Å². The van der Waals surface area contributed by atoms with Gasteiger partial charge in [-0.2, -0.15) is 5.26 Å². The first-order valence-electron chi connectivity index (χ1n) is 4.90. The van der Waals surface area contributed by atoms with Crippen LogP contribution in [0.5, 0.6) is 0 Å². The van der Waals surface area contributed by atoms with Crippen molar-refractivity contribution >= 4 is 5.78 Å². The number of hydrogen-bond acceptors (Lipinski definition) is 2. The molecule has 4 unspecified atom stereocenters. The van der Waals surface area contributed by atoms with Gasteiger partial charge in [-0.05, 0) is 24.7 Å². The van der Waals surface area contributed by atoms with E-state index in [-0.39, 0.29) is 11.3 Å². The summed E-state index contributed by atoms with van der Waals surface area (Å²) >= 11 is 0. The summed E-state index contributed by atoms with van der Waals surface area (Å²) in [6, 6.07) is 2.43. The topological polar surface area (TPSA) is 40.9 Å². The average molecular weight is 173 g/mol. The maximum absolute atomic E-state index is 11.6. The van der Waals surface area contributed by atoms with Gasteiger partial charge in [-0.25, -0.2) is 0 Å². The lowest BCUT2D eigenvalue weighted by Gasteiger charge is -2.28. The molecule has 2 fully saturated rings. The number of carbonyl (C=O) groups is 1. The zero-order chi connectivity index (χ0) is 9.05. The van der Waals surface area contributed by atoms with Gasteiger partial charge in [-0.3, -0.25) is 4.79 Å². The van der Waals surface area contributed by atoms with Crippen LogP contribution in [0, 0.1) is 34.5 Å². The number of allylic oxidation sites excluding steroid dienone is 2. The molecule has 0 radical (unpaired) electrons. The highest BCUT2D eigenvalue weighted by Crippen LogP contribution is 2.61. The van der Waals surface area contributed by atoms with E-state index in [1.807, 2.05) is 0 Å². The lowest BCUT2D eigenvalue weighted by molar-refractivity contribution is -0.122. The molecule has 0 spiro atoms. The molecule has 13 heavy (non-hydrogen) atoms. The minimum atomic E-state index is -0.295. The maximum Gasteiger partial charge on any atom is 0.138 e. The molecule has 0 amide bonds. The van der Waals surface area contributed by atoms with Crippen molar-refractivity contribution in [1.29, 1.82) is 5.26 Å². The molecule has 0 N–H and O–H groups in total. The number of ketones is 1. The maximum atomic E-state index is 11.6. The molecule has 3 aliphatic rings. The molecule has 2 saturated carbocycles. The third kappa shape index (κ3) is 0.634. The molecule has 3 rings (SSSR count). The molecule has 0 aromatic carbocycles. The van der Waals surface area contributed by atoms with Crippen molar-refractivity contribution in [2.75, 3.05) is 0 Å². The summed E-state index contributed by atoms with van der Waals surface area (Å²) < 4.78 is 0. The third-order valence-corrected chi connectivity index (χ3v) is 4.10. The van der Waals surface area contributed by atoms with E-state index in [0.717, 1.165) is 12.8 Å². The fourth-order valence-electron chi connectivity index (χ4n) is 3.53. The Morgan fingerprint density at radius 2 is 2.38 bits per heavy atom. The lowest BCUT2D eigenvalue weighted by atomic mass is 9.71. The standard InChI is InChI=1S/C11H11NO/c12-6-11-4-3-9(13)10(11)7-1-2-8(11)5-7/h1-2,7-8,10H,3-5H2. The van der Waals surface area contributed by atoms with Gasteiger partial charge < -0.3 is 0 Å². The first-order valence-corrected chi connectivity index (χ1v) is 4.90. The highest BCUT2D eigenvalue weighted by Gasteiger charge is 2.62. The van der Waals surface area contributed by atoms with Crippen LogP contribution in [0.15, 0.2) is 12.2 Å². The summed E-state index contributed by atoms with van der Waals surface area (Å²) in [6.07, 6.45) is 6.78. The molecule has 0 aromatic rings. The number of carbonyl (C=O) groups excluding carboxylic acids is 1. The molecule has 66 valence electrons. The van der Waals surface area contributed by atoms with Crippen LogP contribution in [-0.4, -0.2) is 5.78 Å². The predicted molar refractivity (Wildman–Crippen MR) is 46.5 cm³/mol. The van der Waals surface area contributed by atoms with Crippen LogP contribution >= 0.6 is 0 Å². The van der Waals surface area contributed by atoms with E-state index >= 15 is 0 Å². The van der Waals surface area contributed by atoms with E-state index in [4.69, 9.17) is 0 Å². The van der Waals surface area contributed by atoms with Gasteiger partial charge in [0.25, 0.3) is 0 Å². The van der Waals surface area contributed by atoms with Gasteiger partial charge in [0.2, 0.25) is 0 Å². The molecule has 0 heterocycles. The van der Waals surface area contributed by atoms with Crippen LogP contribution < -0.4 is 0 Å². The molecule has 0 aromatic heterocycles. The quantitative estimate of drug-likeness (QED) is 0.523. The third-order valence-electron chi connectivity index (χ3n) is 4.10. The van der Waals surface area contributed by atoms with E-state index < -0.39 is 0 Å². The summed E-state index contributed by atoms with van der Waals surface area (Å²) in [5.41, 5.74) is -0.295. The summed E-state index contributed by atoms with van der Waals surface area (Å²) in [7, 11) is 0. The van der Waals surface area contributed by atoms with E-state index in [0.29, 0.717) is 24.0 Å². The number of nitrogens with zero attached hydrogens (tertiary/aromatic N) is 1. The van der Waals surface area contributed by atoms with Gasteiger partial charge in [0.1, 0.15) is 5.78 Å². The average Bonchev–Trinajstić information content (AvgIpc) is 2.77. The van der Waals surface area contributed by atoms with Gasteiger partial charge >= 0.3 is 0 Å². The molecule has 3 aliphatic carbocycles. The predicted octanol–water partition coefficient (Wildman–Crippen LogP) is 1.68. The second-order valence-corrected chi connectivity index (χ2v) is 4.49. The first kappa shape index (κ1) is 7.32. The van der Waals surface area contributed by atoms with Crippen LogP contribution in [0.2, 0.25) is 0 Å². The normalized spacial score (nSPS) is 51.0. The summed E-state index contributed by atoms with van der Waals surface area (Å²) in [5.74, 6) is 1.14. The first-order chi connectivity index (χ1) is 6.28. The van der Waals surface area contributed by atoms with Crippen molar-refractivity contribution in [2.24, 2.45) is 23.2 Å². The Bertz CT molecular complexity index is 352. The van der Waals surface area contributed by atoms with Crippen molar-refractivity contribution < 1.29 is 4.79 Å². The highest BCUT2D eigenvalue weighted by molar-refractivity contribution is 5.86. The van der Waals surface area contributed by atoms with Crippen molar-refractivity contribution in [3.05, 3.63) is 12.2 Å². The molecule has 0 saturated heterocycles. The van der Waals surface area contributed by atoms with Crippen LogP contribution in [-0.2, 0) is 4.79 Å². The number of hydrogen-bond donors (Lipinski definition) is 0. The van der Waals surface area contributed by atoms with Crippen LogP contribution in [0.25, 0.3) is 0 Å². The minimum absolute atomic E-state index is 0.0486. The van der Waals surface area contributed by atoms with Gasteiger partial charge in [-0.1, -0.05) is 12.2 Å². The van der Waals surface area contributed by atoms with Crippen LogP contribution in [0.3, 0.4) is 0 Å². The summed E-state index contributed by atoms with van der Waals surface area (Å²) in [4.78, 5) is 11.6. The van der Waals surface area contributed by atoms with Gasteiger partial charge in [0.05, 0.1) is 11.5 Å². The number of fused-ring (bicyclic) bond motifs is 5. The molecule has 4 atom stereocenters. The van der Waals surface area contributed by atoms with E-state index in [2.05, 4.69) is 18.2 Å². The van der Waals surface area contributed by atoms with E-state index in [1.54, 1.807) is 0 Å². The zero-order valence-electron chi connectivity index (χ0n) is 7.36. The Hall–Kier alpha value is -1.10. The Morgan fingerprint density at radius 3 is 3.08 bits per heavy atom. The summed E-state index contributed by atoms with van der Waals surface area (Å²) in [6.45, 7) is 0. The number of nitriles is 1. The van der Waals surface area contributed by atoms with Gasteiger partial charge in [0, 0.05) is 12.3 Å². The molecule has 2 heteroatoms. The Morgan fingerprint density at radius 1 is 1.54 bits per heavy atom. The van der Waals surface area contributed by atoms with E-state index in [1.165, 1.54) is 0 Å². The van der Waals surface area contributed by atoms with Crippen molar-refractivity contribution in [3.8, 4) is 6.07 Å². The number of Topliss-reactive ketones (excluding diaryl/α,β-unsaturated/α-hetero) is 1. The largest absolute Gasteiger partial charge is 0.299 e. The SMILES string of the molecule is N#CC12CCC(=O)C1C1C=CC2C1. The second-order valence-electron chi connectivity index (χ2n) is 4.49. The molecule has 2 nitrogen and oxygen atoms in total. The highest BCUT2D eigenvalue weighted by atomic mass is 16.1. The molecular formula is C11H11NO. The molecular weight excluding hydrogens is 162 g/mol. The number of rotatable bonds is 0. The van der Waals surface area contributed by atoms with Crippen LogP contribution in [0.4, 0.5) is 0 Å². The fraction of sp³-hybridized carbons (Fsp3) is 0.636. The Labute approximate surface area is 77.2 Å². The fourth-order valence-corrected chi connectivity index (χ4v) is 3.53. The Balaban J connectivity index is 2.15. The van der Waals surface area contributed by atoms with E-state index in [9.17, 15) is 10.1 Å². The lowest BCUT2D eigenvalue weighted by Crippen LogP contribution is -2.30. The zero-order valence-corrected chi connectivity index (χ0v) is 7.36. The Kier molecular flexibility index (Phi) is 1.15. The molecule has 2 bridgehead atoms. The van der Waals surface area contributed by atoms with Gasteiger partial charge in [0.15, 0.2) is 0 Å².